The lowest BCUT2D eigenvalue weighted by Crippen LogP contribution is -2.29. The zero-order chi connectivity index (χ0) is 9.40. The molecule has 0 unspecified atom stereocenters. The number of nitrogens with zero attached hydrogens (tertiary/aromatic N) is 1. The van der Waals surface area contributed by atoms with Crippen molar-refractivity contribution in [2.24, 2.45) is 5.16 Å². The molecule has 0 aliphatic carbocycles. The van der Waals surface area contributed by atoms with Crippen LogP contribution in [0.5, 0.6) is 0 Å². The summed E-state index contributed by atoms with van der Waals surface area (Å²) < 4.78 is 0. The van der Waals surface area contributed by atoms with Crippen LogP contribution in [0.15, 0.2) is 5.16 Å². The maximum absolute atomic E-state index is 10.8. The van der Waals surface area contributed by atoms with E-state index in [1.165, 1.54) is 0 Å². The first-order valence-corrected chi connectivity index (χ1v) is 3.67. The molecule has 2 N–H and O–H groups in total. The molecule has 0 fully saturated rings. The highest BCUT2D eigenvalue weighted by atomic mass is 16.6. The third-order valence-electron chi connectivity index (χ3n) is 0.877. The van der Waals surface area contributed by atoms with Crippen LogP contribution in [0.3, 0.4) is 0 Å². The first-order valence-electron chi connectivity index (χ1n) is 3.67. The van der Waals surface area contributed by atoms with E-state index in [0.717, 1.165) is 5.71 Å². The Labute approximate surface area is 71.4 Å². The zero-order valence-electron chi connectivity index (χ0n) is 7.33. The number of hydrogen-bond donors (Lipinski definition) is 2. The van der Waals surface area contributed by atoms with E-state index >= 15 is 0 Å². The lowest BCUT2D eigenvalue weighted by Gasteiger charge is -2.01. The molecule has 0 spiro atoms. The fourth-order valence-corrected chi connectivity index (χ4v) is 0.466. The van der Waals surface area contributed by atoms with Gasteiger partial charge in [-0.15, -0.1) is 0 Å². The number of oxime groups is 1. The van der Waals surface area contributed by atoms with E-state index in [-0.39, 0.29) is 25.7 Å². The average molecular weight is 174 g/mol. The zero-order valence-corrected chi connectivity index (χ0v) is 7.33. The Morgan fingerprint density at radius 1 is 1.58 bits per heavy atom. The van der Waals surface area contributed by atoms with Crippen molar-refractivity contribution in [3.8, 4) is 0 Å². The molecule has 0 heterocycles. The second kappa shape index (κ2) is 6.60. The normalized spacial score (nSPS) is 8.92. The molecule has 0 aromatic heterocycles. The highest BCUT2D eigenvalue weighted by Crippen LogP contribution is 1.79. The van der Waals surface area contributed by atoms with E-state index in [0.29, 0.717) is 0 Å². The summed E-state index contributed by atoms with van der Waals surface area (Å²) in [5.74, 6) is -0.283. The van der Waals surface area contributed by atoms with Gasteiger partial charge in [0, 0.05) is 6.54 Å². The van der Waals surface area contributed by atoms with Crippen LogP contribution < -0.4 is 5.32 Å². The number of hydrogen-bond acceptors (Lipinski definition) is 4. The van der Waals surface area contributed by atoms with Crippen molar-refractivity contribution in [2.75, 3.05) is 19.8 Å². The summed E-state index contributed by atoms with van der Waals surface area (Å²) in [7, 11) is 0. The Kier molecular flexibility index (Phi) is 6.00. The lowest BCUT2D eigenvalue weighted by atomic mass is 10.5. The number of aliphatic hydroxyl groups is 1. The molecule has 5 heteroatoms. The van der Waals surface area contributed by atoms with Gasteiger partial charge in [0.25, 0.3) is 5.91 Å². The molecule has 0 aromatic rings. The Bertz CT molecular complexity index is 164. The molecule has 0 saturated carbocycles. The van der Waals surface area contributed by atoms with Gasteiger partial charge in [-0.2, -0.15) is 0 Å². The molecular weight excluding hydrogens is 160 g/mol. The van der Waals surface area contributed by atoms with Gasteiger partial charge in [-0.05, 0) is 13.8 Å². The van der Waals surface area contributed by atoms with Crippen LogP contribution in [0.25, 0.3) is 0 Å². The second-order valence-corrected chi connectivity index (χ2v) is 2.39. The van der Waals surface area contributed by atoms with Crippen molar-refractivity contribution < 1.29 is 14.7 Å². The molecule has 70 valence electrons. The fourth-order valence-electron chi connectivity index (χ4n) is 0.466. The standard InChI is InChI=1S/C7H14N2O3/c1-6(2)9-12-5-7(11)8-3-4-10/h10H,3-5H2,1-2H3,(H,8,11). The van der Waals surface area contributed by atoms with Crippen LogP contribution in [0, 0.1) is 0 Å². The summed E-state index contributed by atoms with van der Waals surface area (Å²) in [6.07, 6.45) is 0. The van der Waals surface area contributed by atoms with Crippen LogP contribution in [0.4, 0.5) is 0 Å². The molecule has 1 amide bonds. The van der Waals surface area contributed by atoms with E-state index in [2.05, 4.69) is 15.3 Å². The second-order valence-electron chi connectivity index (χ2n) is 2.39. The third-order valence-corrected chi connectivity index (χ3v) is 0.877. The Balaban J connectivity index is 3.38. The van der Waals surface area contributed by atoms with Crippen molar-refractivity contribution >= 4 is 11.6 Å². The number of carbonyl (C=O) groups excluding carboxylic acids is 1. The maximum atomic E-state index is 10.8. The minimum atomic E-state index is -0.283. The molecule has 5 nitrogen and oxygen atoms in total. The molecule has 0 aromatic carbocycles. The molecule has 0 rings (SSSR count). The predicted molar refractivity (Wildman–Crippen MR) is 44.8 cm³/mol. The van der Waals surface area contributed by atoms with Gasteiger partial charge in [0.1, 0.15) is 0 Å². The van der Waals surface area contributed by atoms with E-state index in [9.17, 15) is 4.79 Å². The number of aliphatic hydroxyl groups excluding tert-OH is 1. The topological polar surface area (TPSA) is 70.9 Å². The summed E-state index contributed by atoms with van der Waals surface area (Å²) in [5, 5.41) is 14.3. The van der Waals surface area contributed by atoms with E-state index in [4.69, 9.17) is 5.11 Å². The molecule has 0 atom stereocenters. The molecule has 0 radical (unpaired) electrons. The summed E-state index contributed by atoms with van der Waals surface area (Å²) in [6.45, 7) is 3.61. The van der Waals surface area contributed by atoms with Crippen molar-refractivity contribution in [3.05, 3.63) is 0 Å². The highest BCUT2D eigenvalue weighted by Gasteiger charge is 1.98. The molecule has 0 aliphatic heterocycles. The SMILES string of the molecule is CC(C)=NOCC(=O)NCCO. The first-order chi connectivity index (χ1) is 5.66. The molecule has 12 heavy (non-hydrogen) atoms. The van der Waals surface area contributed by atoms with Gasteiger partial charge in [-0.3, -0.25) is 4.79 Å². The number of amides is 1. The fraction of sp³-hybridized carbons (Fsp3) is 0.714. The van der Waals surface area contributed by atoms with Crippen molar-refractivity contribution in [1.82, 2.24) is 5.32 Å². The Hall–Kier alpha value is -1.10. The van der Waals surface area contributed by atoms with Gasteiger partial charge in [0.15, 0.2) is 6.61 Å². The largest absolute Gasteiger partial charge is 0.395 e. The Morgan fingerprint density at radius 3 is 2.75 bits per heavy atom. The summed E-state index contributed by atoms with van der Waals surface area (Å²) >= 11 is 0. The van der Waals surface area contributed by atoms with E-state index in [1.54, 1.807) is 13.8 Å². The van der Waals surface area contributed by atoms with Gasteiger partial charge in [0.2, 0.25) is 0 Å². The lowest BCUT2D eigenvalue weighted by molar-refractivity contribution is -0.125. The van der Waals surface area contributed by atoms with Crippen LogP contribution in [-0.4, -0.2) is 36.5 Å². The smallest absolute Gasteiger partial charge is 0.260 e. The average Bonchev–Trinajstić information content (AvgIpc) is 2.00. The van der Waals surface area contributed by atoms with Gasteiger partial charge >= 0.3 is 0 Å². The summed E-state index contributed by atoms with van der Waals surface area (Å²) in [6, 6.07) is 0. The minimum absolute atomic E-state index is 0.0676. The number of carbonyl (C=O) groups is 1. The van der Waals surface area contributed by atoms with Gasteiger partial charge in [-0.25, -0.2) is 0 Å². The van der Waals surface area contributed by atoms with Gasteiger partial charge in [0.05, 0.1) is 12.3 Å². The van der Waals surface area contributed by atoms with E-state index in [1.807, 2.05) is 0 Å². The van der Waals surface area contributed by atoms with Crippen molar-refractivity contribution in [2.45, 2.75) is 13.8 Å². The molecular formula is C7H14N2O3. The third kappa shape index (κ3) is 7.01. The maximum Gasteiger partial charge on any atom is 0.260 e. The van der Waals surface area contributed by atoms with Crippen molar-refractivity contribution in [1.29, 1.82) is 0 Å². The minimum Gasteiger partial charge on any atom is -0.395 e. The quantitative estimate of drug-likeness (QED) is 0.436. The van der Waals surface area contributed by atoms with Gasteiger partial charge in [-0.1, -0.05) is 5.16 Å². The highest BCUT2D eigenvalue weighted by molar-refractivity contribution is 5.79. The van der Waals surface area contributed by atoms with Crippen LogP contribution in [0.2, 0.25) is 0 Å². The first kappa shape index (κ1) is 10.9. The summed E-state index contributed by atoms with van der Waals surface area (Å²) in [5.41, 5.74) is 0.755. The molecule has 0 bridgehead atoms. The molecule has 0 saturated heterocycles. The molecule has 0 aliphatic rings. The van der Waals surface area contributed by atoms with Crippen LogP contribution in [-0.2, 0) is 9.63 Å². The Morgan fingerprint density at radius 2 is 2.25 bits per heavy atom. The van der Waals surface area contributed by atoms with Crippen LogP contribution >= 0.6 is 0 Å². The number of rotatable bonds is 5. The van der Waals surface area contributed by atoms with Crippen LogP contribution in [0.1, 0.15) is 13.8 Å². The van der Waals surface area contributed by atoms with Crippen molar-refractivity contribution in [3.63, 3.8) is 0 Å². The summed E-state index contributed by atoms with van der Waals surface area (Å²) in [4.78, 5) is 15.4. The van der Waals surface area contributed by atoms with Gasteiger partial charge < -0.3 is 15.3 Å². The predicted octanol–water partition coefficient (Wildman–Crippen LogP) is -0.493. The van der Waals surface area contributed by atoms with E-state index < -0.39 is 0 Å². The number of nitrogens with one attached hydrogen (secondary N) is 1. The monoisotopic (exact) mass is 174 g/mol.